The number of imidazole rings is 1. The molecule has 0 saturated carbocycles. The van der Waals surface area contributed by atoms with E-state index < -0.39 is 0 Å². The Morgan fingerprint density at radius 3 is 2.86 bits per heavy atom. The van der Waals surface area contributed by atoms with Gasteiger partial charge in [-0.1, -0.05) is 11.6 Å². The van der Waals surface area contributed by atoms with Crippen molar-refractivity contribution >= 4 is 29.3 Å². The van der Waals surface area contributed by atoms with Gasteiger partial charge < -0.3 is 14.8 Å². The third kappa shape index (κ3) is 4.00. The van der Waals surface area contributed by atoms with Gasteiger partial charge in [0.15, 0.2) is 5.16 Å². The van der Waals surface area contributed by atoms with Gasteiger partial charge in [-0.2, -0.15) is 0 Å². The Hall–Kier alpha value is -1.57. The molecule has 0 atom stereocenters. The first kappa shape index (κ1) is 16.8. The van der Waals surface area contributed by atoms with E-state index in [1.807, 2.05) is 24.9 Å². The number of carbonyl (C=O) groups is 1. The molecule has 2 aromatic heterocycles. The molecule has 6 nitrogen and oxygen atoms in total. The van der Waals surface area contributed by atoms with Crippen LogP contribution in [0.15, 0.2) is 34.8 Å². The molecule has 0 aromatic carbocycles. The van der Waals surface area contributed by atoms with Crippen LogP contribution in [0.25, 0.3) is 0 Å². The van der Waals surface area contributed by atoms with Crippen LogP contribution in [-0.4, -0.2) is 52.5 Å². The van der Waals surface area contributed by atoms with Crippen molar-refractivity contribution in [3.8, 4) is 0 Å². The van der Waals surface area contributed by atoms with Crippen molar-refractivity contribution in [3.63, 3.8) is 0 Å². The predicted octanol–water partition coefficient (Wildman–Crippen LogP) is 1.91. The van der Waals surface area contributed by atoms with Gasteiger partial charge in [-0.25, -0.2) is 9.97 Å². The van der Waals surface area contributed by atoms with E-state index in [-0.39, 0.29) is 5.91 Å². The topological polar surface area (TPSA) is 63.1 Å². The third-order valence-electron chi connectivity index (χ3n) is 3.06. The zero-order chi connectivity index (χ0) is 16.1. The standard InChI is InChI=1S/C14H18ClN5OS/c1-16-4-6-19(2)13(21)10-8-11(15)12(18-9-10)22-14-17-5-7-20(14)3/h5,7-9,16H,4,6H2,1-3H3. The highest BCUT2D eigenvalue weighted by atomic mass is 35.5. The largest absolute Gasteiger partial charge is 0.340 e. The molecule has 0 spiro atoms. The van der Waals surface area contributed by atoms with Crippen molar-refractivity contribution < 1.29 is 4.79 Å². The van der Waals surface area contributed by atoms with Crippen LogP contribution >= 0.6 is 23.4 Å². The molecule has 0 unspecified atom stereocenters. The lowest BCUT2D eigenvalue weighted by atomic mass is 10.2. The van der Waals surface area contributed by atoms with Gasteiger partial charge in [0, 0.05) is 45.8 Å². The summed E-state index contributed by atoms with van der Waals surface area (Å²) in [5.41, 5.74) is 0.479. The minimum absolute atomic E-state index is 0.0989. The number of aromatic nitrogens is 3. The molecule has 118 valence electrons. The molecule has 0 aliphatic rings. The number of nitrogens with one attached hydrogen (secondary N) is 1. The maximum atomic E-state index is 12.3. The average Bonchev–Trinajstić information content (AvgIpc) is 2.91. The van der Waals surface area contributed by atoms with E-state index in [1.165, 1.54) is 11.8 Å². The van der Waals surface area contributed by atoms with Gasteiger partial charge in [-0.05, 0) is 24.9 Å². The Bertz CT molecular complexity index is 660. The lowest BCUT2D eigenvalue weighted by Crippen LogP contribution is -2.32. The summed E-state index contributed by atoms with van der Waals surface area (Å²) in [5.74, 6) is -0.0989. The first-order valence-corrected chi connectivity index (χ1v) is 7.93. The molecule has 1 N–H and O–H groups in total. The summed E-state index contributed by atoms with van der Waals surface area (Å²) in [4.78, 5) is 22.4. The van der Waals surface area contributed by atoms with E-state index in [2.05, 4.69) is 15.3 Å². The van der Waals surface area contributed by atoms with E-state index in [4.69, 9.17) is 11.6 Å². The number of amides is 1. The van der Waals surface area contributed by atoms with E-state index in [9.17, 15) is 4.79 Å². The van der Waals surface area contributed by atoms with Crippen molar-refractivity contribution in [2.75, 3.05) is 27.2 Å². The fraction of sp³-hybridized carbons (Fsp3) is 0.357. The molecule has 0 bridgehead atoms. The van der Waals surface area contributed by atoms with Gasteiger partial charge in [-0.15, -0.1) is 0 Å². The number of hydrogen-bond acceptors (Lipinski definition) is 5. The van der Waals surface area contributed by atoms with E-state index in [1.54, 1.807) is 30.4 Å². The molecule has 0 aliphatic heterocycles. The van der Waals surface area contributed by atoms with Gasteiger partial charge in [0.05, 0.1) is 10.6 Å². The second-order valence-electron chi connectivity index (χ2n) is 4.76. The lowest BCUT2D eigenvalue weighted by Gasteiger charge is -2.17. The summed E-state index contributed by atoms with van der Waals surface area (Å²) in [6.45, 7) is 1.35. The van der Waals surface area contributed by atoms with E-state index >= 15 is 0 Å². The van der Waals surface area contributed by atoms with Gasteiger partial charge in [0.2, 0.25) is 0 Å². The summed E-state index contributed by atoms with van der Waals surface area (Å²) in [6, 6.07) is 1.65. The summed E-state index contributed by atoms with van der Waals surface area (Å²) in [5, 5.41) is 4.87. The fourth-order valence-corrected chi connectivity index (χ4v) is 2.79. The monoisotopic (exact) mass is 339 g/mol. The van der Waals surface area contributed by atoms with Crippen LogP contribution in [0.4, 0.5) is 0 Å². The Labute approximate surface area is 138 Å². The SMILES string of the molecule is CNCCN(C)C(=O)c1cnc(Sc2nccn2C)c(Cl)c1. The van der Waals surface area contributed by atoms with Crippen molar-refractivity contribution in [1.29, 1.82) is 0 Å². The summed E-state index contributed by atoms with van der Waals surface area (Å²) >= 11 is 7.61. The maximum absolute atomic E-state index is 12.3. The quantitative estimate of drug-likeness (QED) is 0.871. The van der Waals surface area contributed by atoms with Crippen LogP contribution < -0.4 is 5.32 Å². The van der Waals surface area contributed by atoms with E-state index in [0.29, 0.717) is 22.2 Å². The highest BCUT2D eigenvalue weighted by Crippen LogP contribution is 2.30. The van der Waals surface area contributed by atoms with E-state index in [0.717, 1.165) is 11.7 Å². The van der Waals surface area contributed by atoms with Crippen LogP contribution in [0.1, 0.15) is 10.4 Å². The highest BCUT2D eigenvalue weighted by Gasteiger charge is 2.15. The van der Waals surface area contributed by atoms with Crippen LogP contribution in [0.2, 0.25) is 5.02 Å². The summed E-state index contributed by atoms with van der Waals surface area (Å²) in [6.07, 6.45) is 5.12. The molecule has 0 aliphatic carbocycles. The number of pyridine rings is 1. The van der Waals surface area contributed by atoms with Crippen LogP contribution in [-0.2, 0) is 7.05 Å². The van der Waals surface area contributed by atoms with Crippen molar-refractivity contribution in [3.05, 3.63) is 35.2 Å². The molecule has 22 heavy (non-hydrogen) atoms. The number of nitrogens with zero attached hydrogens (tertiary/aromatic N) is 4. The second-order valence-corrected chi connectivity index (χ2v) is 6.13. The summed E-state index contributed by atoms with van der Waals surface area (Å²) < 4.78 is 1.88. The smallest absolute Gasteiger partial charge is 0.255 e. The van der Waals surface area contributed by atoms with Gasteiger partial charge in [-0.3, -0.25) is 4.79 Å². The number of hydrogen-bond donors (Lipinski definition) is 1. The first-order valence-electron chi connectivity index (χ1n) is 6.73. The minimum Gasteiger partial charge on any atom is -0.340 e. The Morgan fingerprint density at radius 2 is 2.27 bits per heavy atom. The zero-order valence-electron chi connectivity index (χ0n) is 12.7. The van der Waals surface area contributed by atoms with Crippen molar-refractivity contribution in [2.24, 2.45) is 7.05 Å². The van der Waals surface area contributed by atoms with Crippen molar-refractivity contribution in [2.45, 2.75) is 10.2 Å². The lowest BCUT2D eigenvalue weighted by molar-refractivity contribution is 0.0796. The molecule has 1 amide bonds. The molecule has 0 fully saturated rings. The number of aryl methyl sites for hydroxylation is 1. The number of halogens is 1. The second kappa shape index (κ2) is 7.62. The zero-order valence-corrected chi connectivity index (χ0v) is 14.3. The number of likely N-dealkylation sites (N-methyl/N-ethyl adjacent to an activating group) is 2. The molecular weight excluding hydrogens is 322 g/mol. The Balaban J connectivity index is 2.12. The average molecular weight is 340 g/mol. The third-order valence-corrected chi connectivity index (χ3v) is 4.56. The van der Waals surface area contributed by atoms with Gasteiger partial charge in [0.25, 0.3) is 5.91 Å². The normalized spacial score (nSPS) is 10.7. The Kier molecular flexibility index (Phi) is 5.82. The first-order chi connectivity index (χ1) is 10.5. The van der Waals surface area contributed by atoms with Crippen LogP contribution in [0.5, 0.6) is 0 Å². The molecule has 2 aromatic rings. The number of carbonyl (C=O) groups excluding carboxylic acids is 1. The highest BCUT2D eigenvalue weighted by molar-refractivity contribution is 7.99. The number of rotatable bonds is 6. The van der Waals surface area contributed by atoms with Crippen LogP contribution in [0, 0.1) is 0 Å². The maximum Gasteiger partial charge on any atom is 0.255 e. The van der Waals surface area contributed by atoms with Crippen molar-refractivity contribution in [1.82, 2.24) is 24.8 Å². The molecule has 8 heteroatoms. The van der Waals surface area contributed by atoms with Crippen LogP contribution in [0.3, 0.4) is 0 Å². The molecule has 0 radical (unpaired) electrons. The predicted molar refractivity (Wildman–Crippen MR) is 87.5 cm³/mol. The summed E-state index contributed by atoms with van der Waals surface area (Å²) in [7, 11) is 5.50. The minimum atomic E-state index is -0.0989. The molecule has 0 saturated heterocycles. The molecule has 2 rings (SSSR count). The van der Waals surface area contributed by atoms with Gasteiger partial charge in [0.1, 0.15) is 5.03 Å². The molecular formula is C14H18ClN5OS. The van der Waals surface area contributed by atoms with Gasteiger partial charge >= 0.3 is 0 Å². The Morgan fingerprint density at radius 1 is 1.50 bits per heavy atom. The fourth-order valence-electron chi connectivity index (χ4n) is 1.76. The molecule has 2 heterocycles.